The van der Waals surface area contributed by atoms with Crippen LogP contribution in [0.4, 0.5) is 0 Å². The van der Waals surface area contributed by atoms with Gasteiger partial charge in [0, 0.05) is 14.9 Å². The van der Waals surface area contributed by atoms with Gasteiger partial charge in [0.15, 0.2) is 4.80 Å². The van der Waals surface area contributed by atoms with Crippen molar-refractivity contribution in [2.75, 3.05) is 6.61 Å². The summed E-state index contributed by atoms with van der Waals surface area (Å²) in [5.74, 6) is 0.237. The first-order valence-corrected chi connectivity index (χ1v) is 15.3. The molecule has 0 spiro atoms. The molecule has 3 heterocycles. The normalized spacial score (nSPS) is 15.3. The van der Waals surface area contributed by atoms with E-state index in [1.165, 1.54) is 22.7 Å². The van der Waals surface area contributed by atoms with Gasteiger partial charge in [0.25, 0.3) is 5.56 Å². The van der Waals surface area contributed by atoms with Gasteiger partial charge in [-0.15, -0.1) is 11.3 Å². The molecular formula is C28H22BrIN2O4S2. The number of halogens is 2. The summed E-state index contributed by atoms with van der Waals surface area (Å²) in [5.41, 5.74) is 2.55. The highest BCUT2D eigenvalue weighted by Crippen LogP contribution is 2.34. The van der Waals surface area contributed by atoms with Gasteiger partial charge in [-0.1, -0.05) is 63.7 Å². The number of carbonyl (C=O) groups excluding carboxylic acids is 1. The summed E-state index contributed by atoms with van der Waals surface area (Å²) in [6, 6.07) is 17.1. The summed E-state index contributed by atoms with van der Waals surface area (Å²) < 4.78 is 15.5. The quantitative estimate of drug-likeness (QED) is 0.179. The second kappa shape index (κ2) is 11.7. The molecule has 0 aliphatic carbocycles. The summed E-state index contributed by atoms with van der Waals surface area (Å²) in [7, 11) is 0. The Balaban J connectivity index is 1.64. The molecule has 5 rings (SSSR count). The van der Waals surface area contributed by atoms with E-state index in [0.717, 1.165) is 24.0 Å². The molecule has 38 heavy (non-hydrogen) atoms. The smallest absolute Gasteiger partial charge is 0.338 e. The highest BCUT2D eigenvalue weighted by Gasteiger charge is 2.33. The molecule has 0 saturated heterocycles. The molecule has 0 N–H and O–H groups in total. The number of ether oxygens (including phenoxy) is 2. The zero-order valence-corrected chi connectivity index (χ0v) is 25.8. The van der Waals surface area contributed by atoms with Gasteiger partial charge in [0.05, 0.1) is 26.0 Å². The van der Waals surface area contributed by atoms with Gasteiger partial charge < -0.3 is 9.47 Å². The van der Waals surface area contributed by atoms with E-state index in [4.69, 9.17) is 9.47 Å². The molecule has 10 heteroatoms. The largest absolute Gasteiger partial charge is 0.487 e. The van der Waals surface area contributed by atoms with Crippen LogP contribution in [0.25, 0.3) is 6.08 Å². The number of benzene rings is 2. The first-order valence-electron chi connectivity index (χ1n) is 11.8. The van der Waals surface area contributed by atoms with Crippen LogP contribution < -0.4 is 19.6 Å². The Morgan fingerprint density at radius 1 is 1.21 bits per heavy atom. The van der Waals surface area contributed by atoms with E-state index in [1.54, 1.807) is 18.4 Å². The van der Waals surface area contributed by atoms with Crippen LogP contribution in [0.2, 0.25) is 0 Å². The lowest BCUT2D eigenvalue weighted by molar-refractivity contribution is -0.139. The van der Waals surface area contributed by atoms with E-state index < -0.39 is 12.0 Å². The Hall–Kier alpha value is -2.54. The van der Waals surface area contributed by atoms with Gasteiger partial charge in [-0.3, -0.25) is 9.36 Å². The number of nitrogens with zero attached hydrogens (tertiary/aromatic N) is 2. The molecule has 0 amide bonds. The van der Waals surface area contributed by atoms with Crippen molar-refractivity contribution >= 4 is 73.2 Å². The highest BCUT2D eigenvalue weighted by molar-refractivity contribution is 14.1. The van der Waals surface area contributed by atoms with Crippen molar-refractivity contribution in [3.8, 4) is 5.75 Å². The van der Waals surface area contributed by atoms with Crippen LogP contribution in [0, 0.1) is 3.57 Å². The van der Waals surface area contributed by atoms with Crippen LogP contribution in [0.15, 0.2) is 85.5 Å². The average molecular weight is 721 g/mol. The predicted molar refractivity (Wildman–Crippen MR) is 162 cm³/mol. The molecule has 0 unspecified atom stereocenters. The van der Waals surface area contributed by atoms with Gasteiger partial charge in [-0.05, 0) is 71.7 Å². The minimum atomic E-state index is -0.594. The van der Waals surface area contributed by atoms with Crippen molar-refractivity contribution in [2.45, 2.75) is 26.5 Å². The molecular weight excluding hydrogens is 699 g/mol. The Bertz CT molecular complexity index is 1710. The van der Waals surface area contributed by atoms with Gasteiger partial charge in [-0.25, -0.2) is 9.79 Å². The lowest BCUT2D eigenvalue weighted by atomic mass is 10.0. The number of rotatable bonds is 7. The molecule has 1 atom stereocenters. The van der Waals surface area contributed by atoms with Crippen LogP contribution in [0.5, 0.6) is 5.75 Å². The first kappa shape index (κ1) is 27.0. The fourth-order valence-corrected chi connectivity index (χ4v) is 7.79. The van der Waals surface area contributed by atoms with E-state index in [2.05, 4.69) is 43.5 Å². The van der Waals surface area contributed by atoms with Gasteiger partial charge in [0.1, 0.15) is 18.4 Å². The second-order valence-corrected chi connectivity index (χ2v) is 12.5. The number of allylic oxidation sites excluding steroid dienone is 1. The van der Waals surface area contributed by atoms with Crippen molar-refractivity contribution < 1.29 is 14.3 Å². The van der Waals surface area contributed by atoms with Crippen molar-refractivity contribution in [3.05, 3.63) is 115 Å². The number of aromatic nitrogens is 1. The minimum Gasteiger partial charge on any atom is -0.487 e. The van der Waals surface area contributed by atoms with E-state index in [0.29, 0.717) is 33.0 Å². The summed E-state index contributed by atoms with van der Waals surface area (Å²) >= 11 is 8.61. The van der Waals surface area contributed by atoms with E-state index >= 15 is 0 Å². The number of esters is 1. The van der Waals surface area contributed by atoms with Crippen molar-refractivity contribution in [3.63, 3.8) is 0 Å². The van der Waals surface area contributed by atoms with Gasteiger partial charge in [0.2, 0.25) is 0 Å². The zero-order valence-electron chi connectivity index (χ0n) is 20.4. The number of hydrogen-bond acceptors (Lipinski definition) is 7. The number of fused-ring (bicyclic) bond motifs is 1. The minimum absolute atomic E-state index is 0.217. The number of carbonyl (C=O) groups is 1. The summed E-state index contributed by atoms with van der Waals surface area (Å²) in [4.78, 5) is 32.9. The molecule has 2 aromatic heterocycles. The number of thiophene rings is 1. The zero-order chi connectivity index (χ0) is 26.8. The lowest BCUT2D eigenvalue weighted by Crippen LogP contribution is -2.39. The third-order valence-electron chi connectivity index (χ3n) is 5.88. The van der Waals surface area contributed by atoms with Crippen LogP contribution >= 0.6 is 61.2 Å². The predicted octanol–water partition coefficient (Wildman–Crippen LogP) is 5.81. The number of thiazole rings is 1. The fourth-order valence-electron chi connectivity index (χ4n) is 4.22. The monoisotopic (exact) mass is 720 g/mol. The SMILES string of the molecule is CCOC(=O)C1=C(C)N=c2s/c(=C\c3cc(Br)cc(I)c3OCc3ccccc3)c(=O)n2[C@@H]1c1cccs1. The second-order valence-electron chi connectivity index (χ2n) is 8.40. The Morgan fingerprint density at radius 3 is 2.71 bits per heavy atom. The van der Waals surface area contributed by atoms with Crippen molar-refractivity contribution in [1.29, 1.82) is 0 Å². The Morgan fingerprint density at radius 2 is 2.00 bits per heavy atom. The van der Waals surface area contributed by atoms with E-state index in [-0.39, 0.29) is 12.2 Å². The fraction of sp³-hybridized carbons (Fsp3) is 0.179. The maximum atomic E-state index is 13.9. The van der Waals surface area contributed by atoms with Crippen LogP contribution in [0.1, 0.15) is 35.9 Å². The maximum Gasteiger partial charge on any atom is 0.338 e. The van der Waals surface area contributed by atoms with Gasteiger partial charge in [-0.2, -0.15) is 0 Å². The van der Waals surface area contributed by atoms with Crippen molar-refractivity contribution in [2.24, 2.45) is 4.99 Å². The summed E-state index contributed by atoms with van der Waals surface area (Å²) in [6.45, 7) is 4.20. The average Bonchev–Trinajstić information content (AvgIpc) is 3.52. The molecule has 2 aromatic carbocycles. The maximum absolute atomic E-state index is 13.9. The molecule has 194 valence electrons. The van der Waals surface area contributed by atoms with E-state index in [1.807, 2.05) is 66.1 Å². The molecule has 0 radical (unpaired) electrons. The molecule has 1 aliphatic heterocycles. The van der Waals surface area contributed by atoms with Gasteiger partial charge >= 0.3 is 5.97 Å². The summed E-state index contributed by atoms with van der Waals surface area (Å²) in [5, 5.41) is 1.93. The van der Waals surface area contributed by atoms with E-state index in [9.17, 15) is 9.59 Å². The summed E-state index contributed by atoms with van der Waals surface area (Å²) in [6.07, 6.45) is 1.84. The standard InChI is InChI=1S/C28H22BrIN2O4S2/c1-3-35-27(34)23-16(2)31-28-32(24(23)21-10-7-11-37-21)26(33)22(38-28)13-18-12-19(29)14-20(30)25(18)36-15-17-8-5-4-6-9-17/h4-14,24H,3,15H2,1-2H3/b22-13-/t24-/m1/s1. The lowest BCUT2D eigenvalue weighted by Gasteiger charge is -2.23. The van der Waals surface area contributed by atoms with Crippen LogP contribution in [0.3, 0.4) is 0 Å². The third-order valence-corrected chi connectivity index (χ3v) is 9.05. The third kappa shape index (κ3) is 5.45. The highest BCUT2D eigenvalue weighted by atomic mass is 127. The molecule has 4 aromatic rings. The Kier molecular flexibility index (Phi) is 8.32. The molecule has 6 nitrogen and oxygen atoms in total. The molecule has 0 saturated carbocycles. The van der Waals surface area contributed by atoms with Crippen molar-refractivity contribution in [1.82, 2.24) is 4.57 Å². The Labute approximate surface area is 249 Å². The molecule has 0 bridgehead atoms. The van der Waals surface area contributed by atoms with Crippen LogP contribution in [-0.2, 0) is 16.1 Å². The topological polar surface area (TPSA) is 69.9 Å². The first-order chi connectivity index (χ1) is 18.4. The molecule has 1 aliphatic rings. The molecule has 0 fully saturated rings. The van der Waals surface area contributed by atoms with Crippen LogP contribution in [-0.4, -0.2) is 17.1 Å². The number of hydrogen-bond donors (Lipinski definition) is 0.